The van der Waals surface area contributed by atoms with E-state index in [0.29, 0.717) is 0 Å². The molecule has 0 aromatic heterocycles. The molecule has 6 heteroatoms. The van der Waals surface area contributed by atoms with Gasteiger partial charge in [-0.25, -0.2) is 0 Å². The number of rotatable bonds is 12. The lowest BCUT2D eigenvalue weighted by molar-refractivity contribution is -0.141. The lowest BCUT2D eigenvalue weighted by Gasteiger charge is -2.40. The maximum absolute atomic E-state index is 13.7. The van der Waals surface area contributed by atoms with Gasteiger partial charge in [-0.2, -0.15) is 0 Å². The predicted octanol–water partition coefficient (Wildman–Crippen LogP) is 8.61. The summed E-state index contributed by atoms with van der Waals surface area (Å²) in [6.45, 7) is 4.05. The number of benzene rings is 7. The monoisotopic (exact) mass is 663 g/mol. The van der Waals surface area contributed by atoms with Gasteiger partial charge in [0.1, 0.15) is 23.2 Å². The van der Waals surface area contributed by atoms with Crippen molar-refractivity contribution in [2.75, 3.05) is 20.8 Å². The molecule has 1 atom stereocenters. The molecule has 0 bridgehead atoms. The van der Waals surface area contributed by atoms with Crippen LogP contribution in [0.25, 0.3) is 32.3 Å². The Kier molecular flexibility index (Phi) is 8.91. The zero-order chi connectivity index (χ0) is 34.9. The van der Waals surface area contributed by atoms with E-state index in [1.165, 1.54) is 21.5 Å². The molecule has 2 N–H and O–H groups in total. The number of carbonyl (C=O) groups is 1. The van der Waals surface area contributed by atoms with Crippen LogP contribution in [0.3, 0.4) is 0 Å². The van der Waals surface area contributed by atoms with Crippen molar-refractivity contribution in [1.29, 1.82) is 0 Å². The van der Waals surface area contributed by atoms with Gasteiger partial charge in [-0.15, -0.1) is 0 Å². The van der Waals surface area contributed by atoms with Gasteiger partial charge in [0.2, 0.25) is 5.91 Å². The average molecular weight is 664 g/mol. The summed E-state index contributed by atoms with van der Waals surface area (Å²) in [5.74, 6) is 0.994. The summed E-state index contributed by atoms with van der Waals surface area (Å²) in [6.07, 6.45) is -1.34. The highest BCUT2D eigenvalue weighted by atomic mass is 16.5. The highest BCUT2D eigenvalue weighted by Gasteiger charge is 2.42. The molecule has 0 saturated heterocycles. The number of aliphatic hydroxyl groups excluding tert-OH is 1. The summed E-state index contributed by atoms with van der Waals surface area (Å²) in [7, 11) is 3.27. The Labute approximate surface area is 292 Å². The van der Waals surface area contributed by atoms with E-state index in [1.54, 1.807) is 14.2 Å². The number of carbonyl (C=O) groups excluding carboxylic acids is 1. The molecule has 0 fully saturated rings. The van der Waals surface area contributed by atoms with Crippen LogP contribution in [0.1, 0.15) is 36.1 Å². The largest absolute Gasteiger partial charge is 0.497 e. The van der Waals surface area contributed by atoms with Crippen LogP contribution in [-0.2, 0) is 21.7 Å². The number of aliphatic hydroxyl groups is 1. The molecule has 0 aliphatic carbocycles. The standard InChI is InChI=1S/C44H41NO5/c1-43(2,41(46)42(47)45-27-32-16-15-31-14-13-29-9-8-10-30-17-26-38(32)40(31)39(29)30)28-50-44(33-11-6-5-7-12-33,34-18-22-36(48-3)23-19-34)35-20-24-37(49-4)25-21-35/h5-26,41,46H,27-28H2,1-4H3,(H,45,47)/t41-/m0/s1. The molecule has 0 spiro atoms. The van der Waals surface area contributed by atoms with Crippen LogP contribution in [0.4, 0.5) is 0 Å². The van der Waals surface area contributed by atoms with Crippen LogP contribution in [0.15, 0.2) is 133 Å². The highest BCUT2D eigenvalue weighted by molar-refractivity contribution is 6.23. The van der Waals surface area contributed by atoms with Crippen molar-refractivity contribution in [3.63, 3.8) is 0 Å². The number of hydrogen-bond donors (Lipinski definition) is 2. The van der Waals surface area contributed by atoms with Gasteiger partial charge < -0.3 is 24.6 Å². The maximum atomic E-state index is 13.7. The molecule has 0 aliphatic rings. The minimum atomic E-state index is -1.34. The zero-order valence-corrected chi connectivity index (χ0v) is 28.8. The molecule has 0 heterocycles. The summed E-state index contributed by atoms with van der Waals surface area (Å²) in [4.78, 5) is 13.7. The fourth-order valence-electron chi connectivity index (χ4n) is 7.03. The van der Waals surface area contributed by atoms with Gasteiger partial charge in [-0.1, -0.05) is 123 Å². The van der Waals surface area contributed by atoms with Crippen molar-refractivity contribution in [3.8, 4) is 11.5 Å². The molecule has 0 saturated carbocycles. The molecular weight excluding hydrogens is 622 g/mol. The van der Waals surface area contributed by atoms with Gasteiger partial charge in [-0.3, -0.25) is 4.79 Å². The van der Waals surface area contributed by atoms with E-state index in [-0.39, 0.29) is 13.2 Å². The molecule has 1 amide bonds. The number of amides is 1. The smallest absolute Gasteiger partial charge is 0.249 e. The molecular formula is C44H41NO5. The molecule has 50 heavy (non-hydrogen) atoms. The second-order valence-electron chi connectivity index (χ2n) is 13.5. The van der Waals surface area contributed by atoms with Gasteiger partial charge in [0, 0.05) is 12.0 Å². The lowest BCUT2D eigenvalue weighted by Crippen LogP contribution is -2.47. The maximum Gasteiger partial charge on any atom is 0.249 e. The Morgan fingerprint density at radius 2 is 1.16 bits per heavy atom. The number of methoxy groups -OCH3 is 2. The van der Waals surface area contributed by atoms with Crippen LogP contribution in [-0.4, -0.2) is 37.9 Å². The number of ether oxygens (including phenoxy) is 3. The molecule has 7 rings (SSSR count). The van der Waals surface area contributed by atoms with Crippen LogP contribution in [0, 0.1) is 5.41 Å². The van der Waals surface area contributed by atoms with Gasteiger partial charge in [-0.05, 0) is 78.8 Å². The van der Waals surface area contributed by atoms with Crippen molar-refractivity contribution in [1.82, 2.24) is 5.32 Å². The summed E-state index contributed by atoms with van der Waals surface area (Å²) in [5, 5.41) is 21.7. The molecule has 0 unspecified atom stereocenters. The normalized spacial score (nSPS) is 12.7. The Bertz CT molecular complexity index is 2180. The first-order valence-corrected chi connectivity index (χ1v) is 16.8. The Hall–Kier alpha value is -5.43. The van der Waals surface area contributed by atoms with Crippen molar-refractivity contribution in [2.45, 2.75) is 32.1 Å². The van der Waals surface area contributed by atoms with Crippen molar-refractivity contribution >= 4 is 38.2 Å². The van der Waals surface area contributed by atoms with Crippen molar-refractivity contribution in [3.05, 3.63) is 156 Å². The number of nitrogens with one attached hydrogen (secondary N) is 1. The van der Waals surface area contributed by atoms with Crippen LogP contribution < -0.4 is 14.8 Å². The van der Waals surface area contributed by atoms with Crippen LogP contribution >= 0.6 is 0 Å². The van der Waals surface area contributed by atoms with Gasteiger partial charge >= 0.3 is 0 Å². The Balaban J connectivity index is 1.17. The molecule has 0 radical (unpaired) electrons. The third-order valence-corrected chi connectivity index (χ3v) is 9.89. The molecule has 252 valence electrons. The van der Waals surface area contributed by atoms with E-state index in [4.69, 9.17) is 14.2 Å². The van der Waals surface area contributed by atoms with Gasteiger partial charge in [0.15, 0.2) is 0 Å². The molecule has 0 aliphatic heterocycles. The summed E-state index contributed by atoms with van der Waals surface area (Å²) < 4.78 is 18.0. The van der Waals surface area contributed by atoms with E-state index < -0.39 is 23.0 Å². The first kappa shape index (κ1) is 33.1. The average Bonchev–Trinajstić information content (AvgIpc) is 3.17. The minimum Gasteiger partial charge on any atom is -0.497 e. The minimum absolute atomic E-state index is 0.0628. The summed E-state index contributed by atoms with van der Waals surface area (Å²) >= 11 is 0. The van der Waals surface area contributed by atoms with E-state index in [1.807, 2.05) is 92.7 Å². The molecule has 7 aromatic rings. The quantitative estimate of drug-likeness (QED) is 0.101. The van der Waals surface area contributed by atoms with Gasteiger partial charge in [0.25, 0.3) is 0 Å². The first-order chi connectivity index (χ1) is 24.2. The van der Waals surface area contributed by atoms with Crippen molar-refractivity contribution < 1.29 is 24.1 Å². The van der Waals surface area contributed by atoms with Gasteiger partial charge in [0.05, 0.1) is 20.8 Å². The van der Waals surface area contributed by atoms with Crippen LogP contribution in [0.5, 0.6) is 11.5 Å². The lowest BCUT2D eigenvalue weighted by atomic mass is 9.79. The summed E-state index contributed by atoms with van der Waals surface area (Å²) in [6, 6.07) is 44.6. The van der Waals surface area contributed by atoms with E-state index >= 15 is 0 Å². The third-order valence-electron chi connectivity index (χ3n) is 9.89. The van der Waals surface area contributed by atoms with E-state index in [0.717, 1.165) is 44.5 Å². The SMILES string of the molecule is COc1ccc(C(OCC(C)(C)[C@@H](O)C(=O)NCc2ccc3ccc4cccc5ccc2c3c45)(c2ccccc2)c2ccc(OC)cc2)cc1. The summed E-state index contributed by atoms with van der Waals surface area (Å²) in [5.41, 5.74) is 1.60. The molecule has 7 aromatic carbocycles. The second-order valence-corrected chi connectivity index (χ2v) is 13.5. The number of hydrogen-bond acceptors (Lipinski definition) is 5. The molecule has 6 nitrogen and oxygen atoms in total. The van der Waals surface area contributed by atoms with Crippen LogP contribution in [0.2, 0.25) is 0 Å². The fourth-order valence-corrected chi connectivity index (χ4v) is 7.03. The van der Waals surface area contributed by atoms with Crippen molar-refractivity contribution in [2.24, 2.45) is 5.41 Å². The zero-order valence-electron chi connectivity index (χ0n) is 28.8. The second kappa shape index (κ2) is 13.5. The Morgan fingerprint density at radius 3 is 1.74 bits per heavy atom. The van der Waals surface area contributed by atoms with E-state index in [2.05, 4.69) is 59.9 Å². The predicted molar refractivity (Wildman–Crippen MR) is 200 cm³/mol. The highest BCUT2D eigenvalue weighted by Crippen LogP contribution is 2.43. The first-order valence-electron chi connectivity index (χ1n) is 16.8. The Morgan fingerprint density at radius 1 is 0.640 bits per heavy atom. The fraction of sp³-hybridized carbons (Fsp3) is 0.205. The topological polar surface area (TPSA) is 77.0 Å². The van der Waals surface area contributed by atoms with E-state index in [9.17, 15) is 9.90 Å². The third kappa shape index (κ3) is 5.91.